The van der Waals surface area contributed by atoms with Crippen molar-refractivity contribution in [1.29, 1.82) is 0 Å². The third kappa shape index (κ3) is 1.71. The zero-order chi connectivity index (χ0) is 14.8. The van der Waals surface area contributed by atoms with E-state index in [1.165, 1.54) is 6.42 Å². The molecule has 0 N–H and O–H groups in total. The first kappa shape index (κ1) is 13.7. The second-order valence-electron chi connectivity index (χ2n) is 8.45. The van der Waals surface area contributed by atoms with Gasteiger partial charge in [-0.25, -0.2) is 0 Å². The van der Waals surface area contributed by atoms with Crippen LogP contribution in [0.25, 0.3) is 0 Å². The second kappa shape index (κ2) is 4.30. The predicted molar refractivity (Wildman–Crippen MR) is 81.6 cm³/mol. The van der Waals surface area contributed by atoms with Crippen LogP contribution in [0.15, 0.2) is 12.2 Å². The molecule has 0 heterocycles. The summed E-state index contributed by atoms with van der Waals surface area (Å²) in [4.78, 5) is 24.2. The van der Waals surface area contributed by atoms with Crippen molar-refractivity contribution in [2.45, 2.75) is 58.8 Å². The van der Waals surface area contributed by atoms with Gasteiger partial charge in [-0.1, -0.05) is 26.0 Å². The SMILES string of the molecule is C[C@]12CCC(=O)CC1C=C[C@@H]1[C@@H]2CC[C@]2(C)C(=O)CC[C@@H]12. The van der Waals surface area contributed by atoms with Gasteiger partial charge < -0.3 is 0 Å². The van der Waals surface area contributed by atoms with Crippen LogP contribution in [-0.4, -0.2) is 11.6 Å². The van der Waals surface area contributed by atoms with Gasteiger partial charge >= 0.3 is 0 Å². The Kier molecular flexibility index (Phi) is 2.81. The molecule has 0 spiro atoms. The van der Waals surface area contributed by atoms with Gasteiger partial charge in [0.2, 0.25) is 0 Å². The van der Waals surface area contributed by atoms with Crippen LogP contribution < -0.4 is 0 Å². The minimum Gasteiger partial charge on any atom is -0.300 e. The largest absolute Gasteiger partial charge is 0.300 e. The number of Topliss-reactive ketones (excluding diaryl/α,β-unsaturated/α-hetero) is 2. The average molecular weight is 286 g/mol. The molecule has 2 heteroatoms. The molecular formula is C19H26O2. The Morgan fingerprint density at radius 2 is 1.81 bits per heavy atom. The number of carbonyl (C=O) groups excluding carboxylic acids is 2. The summed E-state index contributed by atoms with van der Waals surface area (Å²) >= 11 is 0. The number of rotatable bonds is 0. The summed E-state index contributed by atoms with van der Waals surface area (Å²) in [7, 11) is 0. The summed E-state index contributed by atoms with van der Waals surface area (Å²) < 4.78 is 0. The Hall–Kier alpha value is -0.920. The highest BCUT2D eigenvalue weighted by atomic mass is 16.1. The van der Waals surface area contributed by atoms with Gasteiger partial charge in [-0.05, 0) is 54.8 Å². The topological polar surface area (TPSA) is 34.1 Å². The van der Waals surface area contributed by atoms with E-state index < -0.39 is 0 Å². The van der Waals surface area contributed by atoms with Gasteiger partial charge in [-0.2, -0.15) is 0 Å². The summed E-state index contributed by atoms with van der Waals surface area (Å²) in [5.41, 5.74) is 0.236. The molecule has 0 bridgehead atoms. The number of ketones is 2. The number of fused-ring (bicyclic) bond motifs is 5. The Morgan fingerprint density at radius 3 is 2.62 bits per heavy atom. The van der Waals surface area contributed by atoms with Gasteiger partial charge in [-0.3, -0.25) is 9.59 Å². The maximum atomic E-state index is 12.3. The first-order chi connectivity index (χ1) is 9.95. The molecule has 0 aromatic heterocycles. The van der Waals surface area contributed by atoms with Crippen LogP contribution in [0, 0.1) is 34.5 Å². The molecule has 0 radical (unpaired) electrons. The summed E-state index contributed by atoms with van der Waals surface area (Å²) in [6.45, 7) is 4.64. The molecule has 4 rings (SSSR count). The van der Waals surface area contributed by atoms with Crippen molar-refractivity contribution in [3.63, 3.8) is 0 Å². The molecule has 3 fully saturated rings. The third-order valence-electron chi connectivity index (χ3n) is 7.69. The van der Waals surface area contributed by atoms with Crippen LogP contribution in [0.4, 0.5) is 0 Å². The van der Waals surface area contributed by atoms with Gasteiger partial charge in [0.1, 0.15) is 11.6 Å². The molecule has 4 aliphatic rings. The molecule has 3 saturated carbocycles. The molecule has 0 aliphatic heterocycles. The predicted octanol–water partition coefficient (Wildman–Crippen LogP) is 3.94. The van der Waals surface area contributed by atoms with E-state index in [1.807, 2.05) is 0 Å². The number of hydrogen-bond acceptors (Lipinski definition) is 2. The van der Waals surface area contributed by atoms with Crippen LogP contribution in [0.1, 0.15) is 58.8 Å². The van der Waals surface area contributed by atoms with Gasteiger partial charge in [0.15, 0.2) is 0 Å². The normalized spacial score (nSPS) is 52.3. The van der Waals surface area contributed by atoms with Crippen LogP contribution in [0.3, 0.4) is 0 Å². The van der Waals surface area contributed by atoms with Gasteiger partial charge in [0, 0.05) is 24.7 Å². The van der Waals surface area contributed by atoms with E-state index in [2.05, 4.69) is 26.0 Å². The molecule has 21 heavy (non-hydrogen) atoms. The van der Waals surface area contributed by atoms with Gasteiger partial charge in [0.05, 0.1) is 0 Å². The summed E-state index contributed by atoms with van der Waals surface area (Å²) in [6.07, 6.45) is 11.4. The van der Waals surface area contributed by atoms with Gasteiger partial charge in [0.25, 0.3) is 0 Å². The Balaban J connectivity index is 1.71. The maximum absolute atomic E-state index is 12.3. The summed E-state index contributed by atoms with van der Waals surface area (Å²) in [6, 6.07) is 0. The highest BCUT2D eigenvalue weighted by Crippen LogP contribution is 2.63. The Labute approximate surface area is 127 Å². The van der Waals surface area contributed by atoms with Crippen LogP contribution in [0.5, 0.6) is 0 Å². The number of hydrogen-bond donors (Lipinski definition) is 0. The quantitative estimate of drug-likeness (QED) is 0.632. The van der Waals surface area contributed by atoms with Crippen LogP contribution >= 0.6 is 0 Å². The lowest BCUT2D eigenvalue weighted by molar-refractivity contribution is -0.134. The third-order valence-corrected chi connectivity index (χ3v) is 7.69. The Bertz CT molecular complexity index is 534. The van der Waals surface area contributed by atoms with E-state index >= 15 is 0 Å². The minimum absolute atomic E-state index is 0.0564. The molecule has 0 saturated heterocycles. The van der Waals surface area contributed by atoms with E-state index in [0.29, 0.717) is 40.7 Å². The van der Waals surface area contributed by atoms with Crippen molar-refractivity contribution in [1.82, 2.24) is 0 Å². The van der Waals surface area contributed by atoms with Crippen LogP contribution in [-0.2, 0) is 9.59 Å². The van der Waals surface area contributed by atoms with Crippen molar-refractivity contribution in [3.05, 3.63) is 12.2 Å². The molecular weight excluding hydrogens is 260 g/mol. The van der Waals surface area contributed by atoms with Crippen molar-refractivity contribution in [2.24, 2.45) is 34.5 Å². The average Bonchev–Trinajstić information content (AvgIpc) is 2.76. The van der Waals surface area contributed by atoms with E-state index in [-0.39, 0.29) is 5.41 Å². The Morgan fingerprint density at radius 1 is 1.00 bits per heavy atom. The lowest BCUT2D eigenvalue weighted by Gasteiger charge is -2.56. The van der Waals surface area contributed by atoms with E-state index in [1.54, 1.807) is 0 Å². The van der Waals surface area contributed by atoms with Crippen molar-refractivity contribution < 1.29 is 9.59 Å². The lowest BCUT2D eigenvalue weighted by atomic mass is 9.47. The fourth-order valence-corrected chi connectivity index (χ4v) is 6.19. The molecule has 1 unspecified atom stereocenters. The molecule has 0 aromatic carbocycles. The van der Waals surface area contributed by atoms with Crippen molar-refractivity contribution in [2.75, 3.05) is 0 Å². The highest BCUT2D eigenvalue weighted by Gasteiger charge is 2.58. The van der Waals surface area contributed by atoms with Crippen LogP contribution in [0.2, 0.25) is 0 Å². The summed E-state index contributed by atoms with van der Waals surface area (Å²) in [5.74, 6) is 3.20. The smallest absolute Gasteiger partial charge is 0.139 e. The standard InChI is InChI=1S/C19H26O2/c1-18-9-7-13(20)11-12(18)3-4-14-15-5-6-17(21)19(15,2)10-8-16(14)18/h3-4,12,14-16H,5-11H2,1-2H3/t12?,14-,15-,16-,18-,19-/m0/s1. The van der Waals surface area contributed by atoms with Gasteiger partial charge in [-0.15, -0.1) is 0 Å². The minimum atomic E-state index is -0.0564. The van der Waals surface area contributed by atoms with E-state index in [0.717, 1.165) is 38.5 Å². The first-order valence-electron chi connectivity index (χ1n) is 8.68. The fraction of sp³-hybridized carbons (Fsp3) is 0.789. The molecule has 114 valence electrons. The molecule has 2 nitrogen and oxygen atoms in total. The molecule has 0 amide bonds. The number of carbonyl (C=O) groups is 2. The van der Waals surface area contributed by atoms with E-state index in [4.69, 9.17) is 0 Å². The molecule has 6 atom stereocenters. The zero-order valence-corrected chi connectivity index (χ0v) is 13.2. The summed E-state index contributed by atoms with van der Waals surface area (Å²) in [5, 5.41) is 0. The molecule has 0 aromatic rings. The number of allylic oxidation sites excluding steroid dienone is 2. The van der Waals surface area contributed by atoms with Crippen molar-refractivity contribution in [3.8, 4) is 0 Å². The first-order valence-corrected chi connectivity index (χ1v) is 8.68. The molecule has 4 aliphatic carbocycles. The fourth-order valence-electron chi connectivity index (χ4n) is 6.19. The highest BCUT2D eigenvalue weighted by molar-refractivity contribution is 5.87. The zero-order valence-electron chi connectivity index (χ0n) is 13.2. The monoisotopic (exact) mass is 286 g/mol. The second-order valence-corrected chi connectivity index (χ2v) is 8.45. The lowest BCUT2D eigenvalue weighted by Crippen LogP contribution is -2.51. The van der Waals surface area contributed by atoms with Crippen molar-refractivity contribution >= 4 is 11.6 Å². The maximum Gasteiger partial charge on any atom is 0.139 e. The van der Waals surface area contributed by atoms with E-state index in [9.17, 15) is 9.59 Å².